The Kier molecular flexibility index (Phi) is 8.36. The van der Waals surface area contributed by atoms with E-state index in [4.69, 9.17) is 23.4 Å². The molecule has 4 aromatic rings. The van der Waals surface area contributed by atoms with Crippen molar-refractivity contribution in [1.82, 2.24) is 4.57 Å². The standard InChI is InChI=1S/C30H26FN3O9S/c1-6-42-29(36)25-15(2)32-30-33(26(25)17-12-22(39-3)27(41-5)23(13-17)40-4)28(35)24(44-30)14-18-8-10-21(43-18)16-7-9-19(31)20(11-16)34(37)38/h7-14,26H,6H2,1-5H3/b24-14-/t26-/m0/s1. The van der Waals surface area contributed by atoms with E-state index in [1.165, 1.54) is 38.0 Å². The first-order valence-corrected chi connectivity index (χ1v) is 14.0. The van der Waals surface area contributed by atoms with Crippen molar-refractivity contribution in [3.05, 3.63) is 101 Å². The zero-order chi connectivity index (χ0) is 31.7. The van der Waals surface area contributed by atoms with Gasteiger partial charge in [0.1, 0.15) is 11.5 Å². The lowest BCUT2D eigenvalue weighted by Crippen LogP contribution is -2.40. The van der Waals surface area contributed by atoms with Gasteiger partial charge in [-0.25, -0.2) is 9.79 Å². The largest absolute Gasteiger partial charge is 0.493 e. The second-order valence-corrected chi connectivity index (χ2v) is 10.4. The van der Waals surface area contributed by atoms with Crippen LogP contribution in [-0.4, -0.2) is 43.4 Å². The Morgan fingerprint density at radius 2 is 1.84 bits per heavy atom. The highest BCUT2D eigenvalue weighted by Crippen LogP contribution is 2.42. The van der Waals surface area contributed by atoms with Crippen molar-refractivity contribution in [2.75, 3.05) is 27.9 Å². The molecule has 0 radical (unpaired) electrons. The van der Waals surface area contributed by atoms with Crippen LogP contribution in [0.4, 0.5) is 10.1 Å². The van der Waals surface area contributed by atoms with Gasteiger partial charge in [0, 0.05) is 17.7 Å². The van der Waals surface area contributed by atoms with Gasteiger partial charge in [-0.05, 0) is 55.8 Å². The molecule has 44 heavy (non-hydrogen) atoms. The number of nitro benzene ring substituents is 1. The molecule has 0 N–H and O–H groups in total. The summed E-state index contributed by atoms with van der Waals surface area (Å²) in [6, 6.07) is 8.91. The van der Waals surface area contributed by atoms with Gasteiger partial charge < -0.3 is 23.4 Å². The number of furan rings is 1. The fourth-order valence-corrected chi connectivity index (χ4v) is 5.91. The predicted octanol–water partition coefficient (Wildman–Crippen LogP) is 4.13. The van der Waals surface area contributed by atoms with E-state index in [0.717, 1.165) is 23.5 Å². The molecule has 2 aromatic heterocycles. The fourth-order valence-electron chi connectivity index (χ4n) is 4.89. The number of hydrogen-bond acceptors (Lipinski definition) is 11. The van der Waals surface area contributed by atoms with Crippen LogP contribution in [0.15, 0.2) is 67.9 Å². The summed E-state index contributed by atoms with van der Waals surface area (Å²) < 4.78 is 43.2. The van der Waals surface area contributed by atoms with Crippen LogP contribution in [0.2, 0.25) is 0 Å². The van der Waals surface area contributed by atoms with E-state index in [0.29, 0.717) is 33.3 Å². The number of nitrogens with zero attached hydrogens (tertiary/aromatic N) is 3. The summed E-state index contributed by atoms with van der Waals surface area (Å²) in [5.41, 5.74) is 0.163. The Morgan fingerprint density at radius 3 is 2.45 bits per heavy atom. The van der Waals surface area contributed by atoms with Gasteiger partial charge >= 0.3 is 11.7 Å². The second-order valence-electron chi connectivity index (χ2n) is 9.39. The number of halogens is 1. The van der Waals surface area contributed by atoms with Crippen molar-refractivity contribution < 1.29 is 37.5 Å². The third-order valence-corrected chi connectivity index (χ3v) is 7.83. The van der Waals surface area contributed by atoms with Gasteiger partial charge in [-0.15, -0.1) is 0 Å². The molecule has 5 rings (SSSR count). The summed E-state index contributed by atoms with van der Waals surface area (Å²) in [5, 5.41) is 11.2. The molecule has 1 aliphatic heterocycles. The summed E-state index contributed by atoms with van der Waals surface area (Å²) in [5.74, 6) is -0.107. The van der Waals surface area contributed by atoms with E-state index >= 15 is 0 Å². The normalized spacial score (nSPS) is 14.6. The Morgan fingerprint density at radius 1 is 1.14 bits per heavy atom. The molecule has 1 aliphatic rings. The Balaban J connectivity index is 1.67. The molecule has 0 spiro atoms. The van der Waals surface area contributed by atoms with E-state index in [1.807, 2.05) is 0 Å². The van der Waals surface area contributed by atoms with Crippen molar-refractivity contribution >= 4 is 29.1 Å². The van der Waals surface area contributed by atoms with Gasteiger partial charge in [-0.2, -0.15) is 4.39 Å². The lowest BCUT2D eigenvalue weighted by molar-refractivity contribution is -0.387. The van der Waals surface area contributed by atoms with Crippen LogP contribution in [0.3, 0.4) is 0 Å². The van der Waals surface area contributed by atoms with Crippen molar-refractivity contribution in [2.45, 2.75) is 19.9 Å². The minimum atomic E-state index is -0.967. The average molecular weight is 624 g/mol. The van der Waals surface area contributed by atoms with Gasteiger partial charge in [0.15, 0.2) is 16.3 Å². The first kappa shape index (κ1) is 30.2. The smallest absolute Gasteiger partial charge is 0.338 e. The Bertz CT molecular complexity index is 1980. The average Bonchev–Trinajstić information content (AvgIpc) is 3.59. The number of fused-ring (bicyclic) bond motifs is 1. The van der Waals surface area contributed by atoms with Crippen molar-refractivity contribution in [1.29, 1.82) is 0 Å². The number of aromatic nitrogens is 1. The number of carbonyl (C=O) groups is 1. The van der Waals surface area contributed by atoms with Gasteiger partial charge in [0.05, 0.1) is 54.7 Å². The van der Waals surface area contributed by atoms with Crippen LogP contribution in [0.1, 0.15) is 31.2 Å². The fraction of sp³-hybridized carbons (Fsp3) is 0.233. The maximum absolute atomic E-state index is 14.0. The zero-order valence-electron chi connectivity index (χ0n) is 24.2. The lowest BCUT2D eigenvalue weighted by Gasteiger charge is -2.26. The number of allylic oxidation sites excluding steroid dienone is 1. The number of carbonyl (C=O) groups excluding carboxylic acids is 1. The second kappa shape index (κ2) is 12.2. The third kappa shape index (κ3) is 5.35. The van der Waals surface area contributed by atoms with Crippen LogP contribution < -0.4 is 29.1 Å². The van der Waals surface area contributed by atoms with Crippen LogP contribution in [-0.2, 0) is 9.53 Å². The minimum absolute atomic E-state index is 0.111. The monoisotopic (exact) mass is 623 g/mol. The van der Waals surface area contributed by atoms with Crippen molar-refractivity contribution in [3.63, 3.8) is 0 Å². The predicted molar refractivity (Wildman–Crippen MR) is 157 cm³/mol. The molecular formula is C30H26FN3O9S. The molecule has 0 fully saturated rings. The van der Waals surface area contributed by atoms with Crippen LogP contribution in [0.25, 0.3) is 17.4 Å². The van der Waals surface area contributed by atoms with Crippen molar-refractivity contribution in [3.8, 4) is 28.6 Å². The van der Waals surface area contributed by atoms with E-state index in [9.17, 15) is 24.1 Å². The summed E-state index contributed by atoms with van der Waals surface area (Å²) in [4.78, 5) is 42.4. The molecule has 228 valence electrons. The molecule has 2 aromatic carbocycles. The molecule has 0 amide bonds. The first-order chi connectivity index (χ1) is 21.1. The highest BCUT2D eigenvalue weighted by Gasteiger charge is 2.34. The molecule has 0 aliphatic carbocycles. The minimum Gasteiger partial charge on any atom is -0.493 e. The number of benzene rings is 2. The Hall–Kier alpha value is -5.24. The highest BCUT2D eigenvalue weighted by molar-refractivity contribution is 7.07. The number of hydrogen-bond donors (Lipinski definition) is 0. The van der Waals surface area contributed by atoms with Crippen LogP contribution in [0.5, 0.6) is 17.2 Å². The maximum atomic E-state index is 14.0. The number of rotatable bonds is 9. The van der Waals surface area contributed by atoms with Gasteiger partial charge in [0.2, 0.25) is 11.6 Å². The molecule has 0 bridgehead atoms. The van der Waals surface area contributed by atoms with E-state index in [1.54, 1.807) is 38.1 Å². The molecule has 1 atom stereocenters. The van der Waals surface area contributed by atoms with E-state index < -0.39 is 34.0 Å². The number of nitro groups is 1. The molecule has 14 heteroatoms. The van der Waals surface area contributed by atoms with Gasteiger partial charge in [-0.1, -0.05) is 11.3 Å². The molecular weight excluding hydrogens is 597 g/mol. The Labute approximate surface area is 253 Å². The van der Waals surface area contributed by atoms with Gasteiger partial charge in [0.25, 0.3) is 5.56 Å². The van der Waals surface area contributed by atoms with E-state index in [-0.39, 0.29) is 33.8 Å². The third-order valence-electron chi connectivity index (χ3n) is 6.85. The number of ether oxygens (including phenoxy) is 4. The number of esters is 1. The summed E-state index contributed by atoms with van der Waals surface area (Å²) >= 11 is 1.08. The quantitative estimate of drug-likeness (QED) is 0.153. The van der Waals surface area contributed by atoms with Crippen LogP contribution >= 0.6 is 11.3 Å². The van der Waals surface area contributed by atoms with E-state index in [2.05, 4.69) is 4.99 Å². The molecule has 0 unspecified atom stereocenters. The summed E-state index contributed by atoms with van der Waals surface area (Å²) in [7, 11) is 4.39. The van der Waals surface area contributed by atoms with Crippen molar-refractivity contribution in [2.24, 2.45) is 4.99 Å². The topological polar surface area (TPSA) is 145 Å². The molecule has 0 saturated carbocycles. The SMILES string of the molecule is CCOC(=O)C1=C(C)N=c2s/c(=C\c3ccc(-c4ccc(F)c([N+](=O)[O-])c4)o3)c(=O)n2[C@H]1c1cc(OC)c(OC)c(OC)c1. The summed E-state index contributed by atoms with van der Waals surface area (Å²) in [6.07, 6.45) is 1.50. The summed E-state index contributed by atoms with van der Waals surface area (Å²) in [6.45, 7) is 3.45. The number of thiazole rings is 1. The highest BCUT2D eigenvalue weighted by atomic mass is 32.1. The van der Waals surface area contributed by atoms with Crippen LogP contribution in [0, 0.1) is 15.9 Å². The first-order valence-electron chi connectivity index (χ1n) is 13.2. The van der Waals surface area contributed by atoms with Gasteiger partial charge in [-0.3, -0.25) is 19.5 Å². The molecule has 3 heterocycles. The molecule has 0 saturated heterocycles. The number of methoxy groups -OCH3 is 3. The lowest BCUT2D eigenvalue weighted by atomic mass is 9.95. The molecule has 12 nitrogen and oxygen atoms in total. The maximum Gasteiger partial charge on any atom is 0.338 e. The zero-order valence-corrected chi connectivity index (χ0v) is 25.0.